The molecule has 6 nitrogen and oxygen atoms in total. The van der Waals surface area contributed by atoms with E-state index in [1.165, 1.54) is 0 Å². The molecule has 116 valence electrons. The van der Waals surface area contributed by atoms with Gasteiger partial charge in [0.05, 0.1) is 11.3 Å². The Morgan fingerprint density at radius 1 is 1.38 bits per heavy atom. The Morgan fingerprint density at radius 3 is 2.57 bits per heavy atom. The van der Waals surface area contributed by atoms with E-state index in [2.05, 4.69) is 10.00 Å². The molecule has 2 heterocycles. The summed E-state index contributed by atoms with van der Waals surface area (Å²) in [6, 6.07) is 1.87. The molecule has 0 unspecified atom stereocenters. The van der Waals surface area contributed by atoms with Crippen LogP contribution in [0.25, 0.3) is 6.08 Å². The van der Waals surface area contributed by atoms with Crippen molar-refractivity contribution in [3.05, 3.63) is 24.0 Å². The summed E-state index contributed by atoms with van der Waals surface area (Å²) in [7, 11) is 1.85. The van der Waals surface area contributed by atoms with Gasteiger partial charge in [0.2, 0.25) is 5.91 Å². The predicted molar refractivity (Wildman–Crippen MR) is 81.6 cm³/mol. The molecular formula is C15H24N4O2. The number of aliphatic hydroxyl groups is 1. The van der Waals surface area contributed by atoms with Gasteiger partial charge in [-0.25, -0.2) is 0 Å². The van der Waals surface area contributed by atoms with Gasteiger partial charge >= 0.3 is 0 Å². The Labute approximate surface area is 125 Å². The number of aryl methyl sites for hydroxylation is 1. The molecule has 2 rings (SSSR count). The second-order valence-electron chi connectivity index (χ2n) is 6.13. The SMILES string of the molecule is Cn1nccc1C=CC(=O)N1CCN(CC(C)(C)O)CC1. The highest BCUT2D eigenvalue weighted by atomic mass is 16.3. The van der Waals surface area contributed by atoms with Gasteiger partial charge in [0.25, 0.3) is 0 Å². The van der Waals surface area contributed by atoms with Gasteiger partial charge in [0.1, 0.15) is 0 Å². The summed E-state index contributed by atoms with van der Waals surface area (Å²) in [5.41, 5.74) is 0.218. The number of piperazine rings is 1. The van der Waals surface area contributed by atoms with E-state index >= 15 is 0 Å². The van der Waals surface area contributed by atoms with Crippen LogP contribution in [0.2, 0.25) is 0 Å². The van der Waals surface area contributed by atoms with Crippen molar-refractivity contribution >= 4 is 12.0 Å². The standard InChI is InChI=1S/C15H24N4O2/c1-15(2,21)12-18-8-10-19(11-9-18)14(20)5-4-13-6-7-16-17(13)3/h4-7,21H,8-12H2,1-3H3. The van der Waals surface area contributed by atoms with E-state index in [4.69, 9.17) is 0 Å². The maximum Gasteiger partial charge on any atom is 0.246 e. The van der Waals surface area contributed by atoms with Gasteiger partial charge in [0, 0.05) is 52.0 Å². The van der Waals surface area contributed by atoms with Crippen molar-refractivity contribution in [2.24, 2.45) is 7.05 Å². The Bertz CT molecular complexity index is 508. The second kappa shape index (κ2) is 6.41. The van der Waals surface area contributed by atoms with E-state index in [0.29, 0.717) is 19.6 Å². The Kier molecular flexibility index (Phi) is 4.80. The largest absolute Gasteiger partial charge is 0.389 e. The highest BCUT2D eigenvalue weighted by molar-refractivity contribution is 5.91. The Balaban J connectivity index is 1.83. The van der Waals surface area contributed by atoms with Crippen LogP contribution in [0.4, 0.5) is 0 Å². The topological polar surface area (TPSA) is 61.6 Å². The molecule has 21 heavy (non-hydrogen) atoms. The lowest BCUT2D eigenvalue weighted by molar-refractivity contribution is -0.128. The molecule has 0 bridgehead atoms. The van der Waals surface area contributed by atoms with Crippen LogP contribution in [0.15, 0.2) is 18.3 Å². The van der Waals surface area contributed by atoms with Crippen LogP contribution in [0.1, 0.15) is 19.5 Å². The molecule has 1 fully saturated rings. The third-order valence-corrected chi connectivity index (χ3v) is 3.55. The molecule has 1 saturated heterocycles. The lowest BCUT2D eigenvalue weighted by atomic mass is 10.1. The summed E-state index contributed by atoms with van der Waals surface area (Å²) in [4.78, 5) is 16.2. The Morgan fingerprint density at radius 2 is 2.05 bits per heavy atom. The molecule has 0 atom stereocenters. The van der Waals surface area contributed by atoms with E-state index in [0.717, 1.165) is 18.8 Å². The number of nitrogens with zero attached hydrogens (tertiary/aromatic N) is 4. The van der Waals surface area contributed by atoms with E-state index in [1.807, 2.05) is 18.0 Å². The van der Waals surface area contributed by atoms with Crippen LogP contribution in [-0.2, 0) is 11.8 Å². The van der Waals surface area contributed by atoms with E-state index < -0.39 is 5.60 Å². The highest BCUT2D eigenvalue weighted by Crippen LogP contribution is 2.09. The van der Waals surface area contributed by atoms with Gasteiger partial charge in [-0.15, -0.1) is 0 Å². The van der Waals surface area contributed by atoms with Crippen LogP contribution in [0.5, 0.6) is 0 Å². The maximum atomic E-state index is 12.1. The van der Waals surface area contributed by atoms with Gasteiger partial charge < -0.3 is 10.0 Å². The zero-order chi connectivity index (χ0) is 15.5. The average molecular weight is 292 g/mol. The monoisotopic (exact) mass is 292 g/mol. The van der Waals surface area contributed by atoms with Crippen molar-refractivity contribution in [1.29, 1.82) is 0 Å². The van der Waals surface area contributed by atoms with E-state index in [-0.39, 0.29) is 5.91 Å². The van der Waals surface area contributed by atoms with Crippen LogP contribution >= 0.6 is 0 Å². The minimum Gasteiger partial charge on any atom is -0.389 e. The van der Waals surface area contributed by atoms with Gasteiger partial charge in [-0.2, -0.15) is 5.10 Å². The molecule has 1 aliphatic rings. The summed E-state index contributed by atoms with van der Waals surface area (Å²) in [5, 5.41) is 13.9. The number of amides is 1. The number of β-amino-alcohol motifs (C(OH)–C–C–N with tert-alkyl or cyclic N) is 1. The summed E-state index contributed by atoms with van der Waals surface area (Å²) in [6.45, 7) is 7.25. The highest BCUT2D eigenvalue weighted by Gasteiger charge is 2.24. The molecule has 0 spiro atoms. The smallest absolute Gasteiger partial charge is 0.246 e. The fraction of sp³-hybridized carbons (Fsp3) is 0.600. The molecule has 1 amide bonds. The maximum absolute atomic E-state index is 12.1. The van der Waals surface area contributed by atoms with Gasteiger partial charge in [-0.3, -0.25) is 14.4 Å². The van der Waals surface area contributed by atoms with Crippen molar-refractivity contribution in [2.45, 2.75) is 19.4 Å². The van der Waals surface area contributed by atoms with E-state index in [1.54, 1.807) is 36.9 Å². The number of hydrogen-bond donors (Lipinski definition) is 1. The van der Waals surface area contributed by atoms with E-state index in [9.17, 15) is 9.90 Å². The van der Waals surface area contributed by atoms with Gasteiger partial charge in [-0.1, -0.05) is 0 Å². The fourth-order valence-electron chi connectivity index (χ4n) is 2.48. The summed E-state index contributed by atoms with van der Waals surface area (Å²) in [6.07, 6.45) is 5.10. The molecule has 6 heteroatoms. The third kappa shape index (κ3) is 4.68. The minimum absolute atomic E-state index is 0.0270. The number of rotatable bonds is 4. The summed E-state index contributed by atoms with van der Waals surface area (Å²) >= 11 is 0. The molecule has 1 N–H and O–H groups in total. The quantitative estimate of drug-likeness (QED) is 0.814. The second-order valence-corrected chi connectivity index (χ2v) is 6.13. The minimum atomic E-state index is -0.689. The van der Waals surface area contributed by atoms with Crippen molar-refractivity contribution in [2.75, 3.05) is 32.7 Å². The molecule has 1 aromatic heterocycles. The molecule has 1 aromatic rings. The van der Waals surface area contributed by atoms with Gasteiger partial charge in [0.15, 0.2) is 0 Å². The fourth-order valence-corrected chi connectivity index (χ4v) is 2.48. The average Bonchev–Trinajstić information content (AvgIpc) is 2.80. The zero-order valence-corrected chi connectivity index (χ0v) is 13.0. The van der Waals surface area contributed by atoms with Gasteiger partial charge in [-0.05, 0) is 26.0 Å². The van der Waals surface area contributed by atoms with Crippen LogP contribution in [0.3, 0.4) is 0 Å². The number of carbonyl (C=O) groups is 1. The first-order chi connectivity index (χ1) is 9.85. The molecular weight excluding hydrogens is 268 g/mol. The number of hydrogen-bond acceptors (Lipinski definition) is 4. The molecule has 0 aromatic carbocycles. The zero-order valence-electron chi connectivity index (χ0n) is 13.0. The van der Waals surface area contributed by atoms with Crippen molar-refractivity contribution < 1.29 is 9.90 Å². The normalized spacial score (nSPS) is 17.6. The van der Waals surface area contributed by atoms with Crippen molar-refractivity contribution in [3.8, 4) is 0 Å². The molecule has 0 radical (unpaired) electrons. The van der Waals surface area contributed by atoms with Crippen LogP contribution in [0, 0.1) is 0 Å². The van der Waals surface area contributed by atoms with Crippen LogP contribution in [-0.4, -0.2) is 68.9 Å². The van der Waals surface area contributed by atoms with Crippen LogP contribution < -0.4 is 0 Å². The molecule has 1 aliphatic heterocycles. The number of aromatic nitrogens is 2. The lowest BCUT2D eigenvalue weighted by Crippen LogP contribution is -2.51. The molecule has 0 saturated carbocycles. The first kappa shape index (κ1) is 15.7. The summed E-state index contributed by atoms with van der Waals surface area (Å²) in [5.74, 6) is 0.0270. The molecule has 0 aliphatic carbocycles. The van der Waals surface area contributed by atoms with Crippen molar-refractivity contribution in [1.82, 2.24) is 19.6 Å². The number of carbonyl (C=O) groups excluding carboxylic acids is 1. The first-order valence-electron chi connectivity index (χ1n) is 7.25. The lowest BCUT2D eigenvalue weighted by Gasteiger charge is -2.36. The Hall–Kier alpha value is -1.66. The summed E-state index contributed by atoms with van der Waals surface area (Å²) < 4.78 is 1.73. The predicted octanol–water partition coefficient (Wildman–Crippen LogP) is 0.348. The van der Waals surface area contributed by atoms with Crippen molar-refractivity contribution in [3.63, 3.8) is 0 Å². The third-order valence-electron chi connectivity index (χ3n) is 3.55. The first-order valence-corrected chi connectivity index (χ1v) is 7.25.